The quantitative estimate of drug-likeness (QED) is 0.179. The Labute approximate surface area is 267 Å². The van der Waals surface area contributed by atoms with Crippen molar-refractivity contribution in [2.45, 2.75) is 117 Å². The summed E-state index contributed by atoms with van der Waals surface area (Å²) in [4.78, 5) is 13.2. The van der Waals surface area contributed by atoms with Crippen LogP contribution in [0.2, 0.25) is 0 Å². The molecule has 0 unspecified atom stereocenters. The van der Waals surface area contributed by atoms with E-state index in [2.05, 4.69) is 26.7 Å². The van der Waals surface area contributed by atoms with Crippen LogP contribution in [0.1, 0.15) is 109 Å². The number of esters is 1. The van der Waals surface area contributed by atoms with Crippen LogP contribution in [0.25, 0.3) is 10.8 Å². The Bertz CT molecular complexity index is 1490. The standard InChI is InChI=1S/C39H51FO5/c1-7-27-32(40)12-9-23-16-26(19-28(21(2)3)36(23)27)45-35(44)13-8-22(4)29-10-11-30-37-31(20-34(43)39(29,30)6)38(5)15-14-25(41)17-24(38)18-33(37)42/h1,9,12,16,19,21-22,24-25,29-31,33-34,37,41-43H,8,10-11,13-15,17-18,20H2,2-6H3/t22-,24+,25-,29-,30+,31+,33-,34+,37+,38+,39-/m1/s1. The summed E-state index contributed by atoms with van der Waals surface area (Å²) in [5, 5.41) is 35.2. The second kappa shape index (κ2) is 12.0. The lowest BCUT2D eigenvalue weighted by Gasteiger charge is -2.63. The molecule has 4 saturated carbocycles. The highest BCUT2D eigenvalue weighted by Gasteiger charge is 2.65. The van der Waals surface area contributed by atoms with Crippen molar-refractivity contribution in [3.8, 4) is 18.1 Å². The number of terminal acetylenes is 1. The van der Waals surface area contributed by atoms with Crippen molar-refractivity contribution in [2.75, 3.05) is 0 Å². The normalized spacial score (nSPS) is 38.2. The number of benzene rings is 2. The van der Waals surface area contributed by atoms with Gasteiger partial charge >= 0.3 is 5.97 Å². The average molecular weight is 619 g/mol. The van der Waals surface area contributed by atoms with Crippen molar-refractivity contribution in [2.24, 2.45) is 46.3 Å². The summed E-state index contributed by atoms with van der Waals surface area (Å²) >= 11 is 0. The van der Waals surface area contributed by atoms with Gasteiger partial charge in [-0.05, 0) is 133 Å². The van der Waals surface area contributed by atoms with E-state index < -0.39 is 18.0 Å². The molecule has 0 radical (unpaired) electrons. The van der Waals surface area contributed by atoms with Crippen LogP contribution in [0, 0.1) is 64.5 Å². The topological polar surface area (TPSA) is 87.0 Å². The molecule has 4 fully saturated rings. The van der Waals surface area contributed by atoms with Gasteiger partial charge < -0.3 is 20.1 Å². The Morgan fingerprint density at radius 2 is 1.82 bits per heavy atom. The molecule has 45 heavy (non-hydrogen) atoms. The highest BCUT2D eigenvalue weighted by Crippen LogP contribution is 2.68. The van der Waals surface area contributed by atoms with Crippen molar-refractivity contribution in [3.05, 3.63) is 41.2 Å². The number of rotatable bonds is 6. The van der Waals surface area contributed by atoms with E-state index in [0.29, 0.717) is 29.9 Å². The Hall–Kier alpha value is -2.46. The third kappa shape index (κ3) is 5.31. The van der Waals surface area contributed by atoms with Crippen LogP contribution in [0.3, 0.4) is 0 Å². The highest BCUT2D eigenvalue weighted by molar-refractivity contribution is 5.93. The van der Waals surface area contributed by atoms with Crippen LogP contribution in [-0.2, 0) is 4.79 Å². The first-order valence-corrected chi connectivity index (χ1v) is 17.3. The summed E-state index contributed by atoms with van der Waals surface area (Å²) in [7, 11) is 0. The van der Waals surface area contributed by atoms with E-state index in [1.807, 2.05) is 13.8 Å². The molecule has 0 saturated heterocycles. The van der Waals surface area contributed by atoms with Gasteiger partial charge in [0.15, 0.2) is 0 Å². The van der Waals surface area contributed by atoms with Gasteiger partial charge in [-0.25, -0.2) is 4.39 Å². The lowest BCUT2D eigenvalue weighted by atomic mass is 9.43. The molecule has 6 rings (SSSR count). The maximum Gasteiger partial charge on any atom is 0.311 e. The summed E-state index contributed by atoms with van der Waals surface area (Å²) in [6.07, 6.45) is 11.4. The van der Waals surface area contributed by atoms with Crippen molar-refractivity contribution < 1.29 is 29.2 Å². The minimum Gasteiger partial charge on any atom is -0.426 e. The molecule has 4 aliphatic rings. The van der Waals surface area contributed by atoms with Crippen LogP contribution in [-0.4, -0.2) is 39.6 Å². The maximum absolute atomic E-state index is 14.5. The molecule has 244 valence electrons. The lowest BCUT2D eigenvalue weighted by Crippen LogP contribution is -2.62. The van der Waals surface area contributed by atoms with Crippen LogP contribution < -0.4 is 4.74 Å². The number of carbonyl (C=O) groups excluding carboxylic acids is 1. The third-order valence-electron chi connectivity index (χ3n) is 13.4. The number of fused-ring (bicyclic) bond motifs is 6. The SMILES string of the molecule is C#Cc1c(F)ccc2cc(OC(=O)CC[C@@H](C)[C@H]3CC[C@H]4[C@@H]5[C@H](O)C[C@@H]6C[C@H](O)CC[C@]6(C)[C@H]5C[C@H](O)[C@]34C)cc(C(C)C)c12. The highest BCUT2D eigenvalue weighted by atomic mass is 19.1. The zero-order valence-corrected chi connectivity index (χ0v) is 27.6. The van der Waals surface area contributed by atoms with E-state index in [0.717, 1.165) is 49.5 Å². The second-order valence-corrected chi connectivity index (χ2v) is 15.8. The fourth-order valence-electron chi connectivity index (χ4n) is 11.0. The van der Waals surface area contributed by atoms with Crippen molar-refractivity contribution in [3.63, 3.8) is 0 Å². The Morgan fingerprint density at radius 1 is 1.07 bits per heavy atom. The molecular weight excluding hydrogens is 567 g/mol. The molecule has 5 nitrogen and oxygen atoms in total. The average Bonchev–Trinajstić information content (AvgIpc) is 3.35. The first-order valence-electron chi connectivity index (χ1n) is 17.3. The number of aliphatic hydroxyl groups is 3. The second-order valence-electron chi connectivity index (χ2n) is 15.8. The van der Waals surface area contributed by atoms with Gasteiger partial charge in [-0.2, -0.15) is 0 Å². The Morgan fingerprint density at radius 3 is 2.53 bits per heavy atom. The van der Waals surface area contributed by atoms with Gasteiger partial charge in [-0.1, -0.05) is 46.6 Å². The van der Waals surface area contributed by atoms with E-state index in [1.165, 1.54) is 6.07 Å². The first-order chi connectivity index (χ1) is 21.3. The molecular formula is C39H51FO5. The molecule has 0 aromatic heterocycles. The smallest absolute Gasteiger partial charge is 0.311 e. The Balaban J connectivity index is 1.15. The fraction of sp³-hybridized carbons (Fsp3) is 0.667. The summed E-state index contributed by atoms with van der Waals surface area (Å²) in [5.74, 6) is 3.68. The molecule has 3 N–H and O–H groups in total. The van der Waals surface area contributed by atoms with E-state index in [4.69, 9.17) is 11.2 Å². The number of hydrogen-bond donors (Lipinski definition) is 3. The van der Waals surface area contributed by atoms with Gasteiger partial charge in [-0.3, -0.25) is 4.79 Å². The maximum atomic E-state index is 14.5. The minimum atomic E-state index is -0.454. The first kappa shape index (κ1) is 32.5. The molecule has 0 spiro atoms. The number of ether oxygens (including phenoxy) is 1. The number of hydrogen-bond acceptors (Lipinski definition) is 5. The molecule has 11 atom stereocenters. The lowest BCUT2D eigenvalue weighted by molar-refractivity contribution is -0.207. The molecule has 4 aliphatic carbocycles. The van der Waals surface area contributed by atoms with Crippen LogP contribution in [0.5, 0.6) is 5.75 Å². The molecule has 2 aromatic carbocycles. The fourth-order valence-corrected chi connectivity index (χ4v) is 11.0. The van der Waals surface area contributed by atoms with Gasteiger partial charge in [-0.15, -0.1) is 6.42 Å². The van der Waals surface area contributed by atoms with Crippen molar-refractivity contribution in [1.29, 1.82) is 0 Å². The van der Waals surface area contributed by atoms with E-state index in [-0.39, 0.29) is 70.4 Å². The monoisotopic (exact) mass is 618 g/mol. The summed E-state index contributed by atoms with van der Waals surface area (Å²) in [6.45, 7) is 10.8. The van der Waals surface area contributed by atoms with Crippen LogP contribution in [0.15, 0.2) is 24.3 Å². The largest absolute Gasteiger partial charge is 0.426 e. The number of aliphatic hydroxyl groups excluding tert-OH is 3. The van der Waals surface area contributed by atoms with Gasteiger partial charge in [0.25, 0.3) is 0 Å². The van der Waals surface area contributed by atoms with Crippen molar-refractivity contribution in [1.82, 2.24) is 0 Å². The van der Waals surface area contributed by atoms with Crippen molar-refractivity contribution >= 4 is 16.7 Å². The molecule has 2 aromatic rings. The molecule has 0 amide bonds. The van der Waals surface area contributed by atoms with Gasteiger partial charge in [0.1, 0.15) is 11.6 Å². The Kier molecular flexibility index (Phi) is 8.64. The van der Waals surface area contributed by atoms with Gasteiger partial charge in [0.05, 0.1) is 23.9 Å². The van der Waals surface area contributed by atoms with Crippen LogP contribution in [0.4, 0.5) is 4.39 Å². The predicted octanol–water partition coefficient (Wildman–Crippen LogP) is 7.37. The molecule has 0 aliphatic heterocycles. The van der Waals surface area contributed by atoms with Gasteiger partial charge in [0, 0.05) is 11.8 Å². The van der Waals surface area contributed by atoms with Crippen LogP contribution >= 0.6 is 0 Å². The summed E-state index contributed by atoms with van der Waals surface area (Å²) in [6, 6.07) is 6.60. The molecule has 6 heteroatoms. The molecule has 0 bridgehead atoms. The summed E-state index contributed by atoms with van der Waals surface area (Å²) in [5.41, 5.74) is 0.820. The van der Waals surface area contributed by atoms with E-state index in [9.17, 15) is 24.5 Å². The number of carbonyl (C=O) groups is 1. The van der Waals surface area contributed by atoms with Gasteiger partial charge in [0.2, 0.25) is 0 Å². The van der Waals surface area contributed by atoms with E-state index >= 15 is 0 Å². The zero-order chi connectivity index (χ0) is 32.4. The molecule has 0 heterocycles. The number of halogens is 1. The third-order valence-corrected chi connectivity index (χ3v) is 13.4. The van der Waals surface area contributed by atoms with E-state index in [1.54, 1.807) is 18.2 Å². The minimum absolute atomic E-state index is 0.0493. The zero-order valence-electron chi connectivity index (χ0n) is 27.6. The predicted molar refractivity (Wildman–Crippen MR) is 174 cm³/mol. The summed E-state index contributed by atoms with van der Waals surface area (Å²) < 4.78 is 20.3.